The highest BCUT2D eigenvalue weighted by atomic mass is 35.5. The lowest BCUT2D eigenvalue weighted by Crippen LogP contribution is -2.41. The monoisotopic (exact) mass is 272 g/mol. The molecule has 8 heteroatoms. The molecule has 0 aliphatic rings. The maximum atomic E-state index is 12.7. The van der Waals surface area contributed by atoms with E-state index in [0.717, 1.165) is 0 Å². The molecule has 16 heavy (non-hydrogen) atoms. The SMILES string of the molecule is [CH2]CC(F)(F)C(F)(F)CCC(F)(Cl)[C](F)F. The molecule has 0 fully saturated rings. The highest BCUT2D eigenvalue weighted by molar-refractivity contribution is 6.23. The van der Waals surface area contributed by atoms with Crippen LogP contribution < -0.4 is 0 Å². The van der Waals surface area contributed by atoms with E-state index in [0.29, 0.717) is 0 Å². The molecule has 0 aromatic rings. The molecule has 0 saturated heterocycles. The van der Waals surface area contributed by atoms with Gasteiger partial charge in [0.25, 0.3) is 5.13 Å². The molecule has 0 amide bonds. The van der Waals surface area contributed by atoms with Gasteiger partial charge in [0.15, 0.2) is 0 Å². The fourth-order valence-corrected chi connectivity index (χ4v) is 0.869. The van der Waals surface area contributed by atoms with Crippen LogP contribution in [0, 0.1) is 13.3 Å². The van der Waals surface area contributed by atoms with Crippen LogP contribution in [0.1, 0.15) is 19.3 Å². The van der Waals surface area contributed by atoms with Crippen molar-refractivity contribution in [2.24, 2.45) is 0 Å². The van der Waals surface area contributed by atoms with E-state index in [4.69, 9.17) is 0 Å². The summed E-state index contributed by atoms with van der Waals surface area (Å²) < 4.78 is 86.6. The standard InChI is InChI=1S/C8H8ClF7/c1-2-7(13,14)8(15,16)4-3-6(9,12)5(10)11/h1-4H2. The van der Waals surface area contributed by atoms with E-state index < -0.39 is 42.7 Å². The summed E-state index contributed by atoms with van der Waals surface area (Å²) in [5.41, 5.74) is 0. The predicted molar refractivity (Wildman–Crippen MR) is 44.3 cm³/mol. The zero-order valence-electron chi connectivity index (χ0n) is 7.85. The number of halogens is 8. The van der Waals surface area contributed by atoms with E-state index in [1.165, 1.54) is 0 Å². The van der Waals surface area contributed by atoms with Crippen LogP contribution in [0.25, 0.3) is 0 Å². The summed E-state index contributed by atoms with van der Waals surface area (Å²) in [4.78, 5) is 0. The maximum absolute atomic E-state index is 12.7. The second kappa shape index (κ2) is 4.98. The quantitative estimate of drug-likeness (QED) is 0.490. The van der Waals surface area contributed by atoms with Crippen LogP contribution in [-0.4, -0.2) is 17.0 Å². The molecule has 0 bridgehead atoms. The lowest BCUT2D eigenvalue weighted by Gasteiger charge is -2.27. The molecule has 0 N–H and O–H groups in total. The summed E-state index contributed by atoms with van der Waals surface area (Å²) in [6.45, 7) is 2.59. The van der Waals surface area contributed by atoms with Gasteiger partial charge >= 0.3 is 18.3 Å². The van der Waals surface area contributed by atoms with Gasteiger partial charge in [-0.15, -0.1) is 0 Å². The average molecular weight is 273 g/mol. The van der Waals surface area contributed by atoms with Gasteiger partial charge in [-0.2, -0.15) is 26.3 Å². The Morgan fingerprint density at radius 2 is 1.38 bits per heavy atom. The van der Waals surface area contributed by atoms with Crippen LogP contribution in [-0.2, 0) is 0 Å². The molecule has 2 radical (unpaired) electrons. The summed E-state index contributed by atoms with van der Waals surface area (Å²) >= 11 is 4.52. The number of hydrogen-bond acceptors (Lipinski definition) is 0. The van der Waals surface area contributed by atoms with Gasteiger partial charge in [-0.1, -0.05) is 11.6 Å². The zero-order chi connectivity index (χ0) is 13.2. The van der Waals surface area contributed by atoms with Gasteiger partial charge in [-0.25, -0.2) is 4.39 Å². The minimum atomic E-state index is -4.63. The number of hydrogen-bond donors (Lipinski definition) is 0. The maximum Gasteiger partial charge on any atom is 0.361 e. The van der Waals surface area contributed by atoms with Crippen molar-refractivity contribution < 1.29 is 30.7 Å². The van der Waals surface area contributed by atoms with Crippen LogP contribution in [0.3, 0.4) is 0 Å². The Morgan fingerprint density at radius 3 is 1.69 bits per heavy atom. The van der Waals surface area contributed by atoms with Gasteiger partial charge in [0.2, 0.25) is 0 Å². The Hall–Kier alpha value is -0.200. The van der Waals surface area contributed by atoms with E-state index in [1.54, 1.807) is 0 Å². The van der Waals surface area contributed by atoms with E-state index >= 15 is 0 Å². The van der Waals surface area contributed by atoms with Crippen molar-refractivity contribution in [2.45, 2.75) is 36.2 Å². The van der Waals surface area contributed by atoms with Crippen molar-refractivity contribution in [1.29, 1.82) is 0 Å². The predicted octanol–water partition coefficient (Wildman–Crippen LogP) is 4.59. The topological polar surface area (TPSA) is 0 Å². The van der Waals surface area contributed by atoms with Crippen LogP contribution >= 0.6 is 11.6 Å². The Labute approximate surface area is 92.8 Å². The lowest BCUT2D eigenvalue weighted by molar-refractivity contribution is -0.212. The molecule has 0 nitrogen and oxygen atoms in total. The molecule has 1 unspecified atom stereocenters. The molecular formula is C8H8ClF7. The Morgan fingerprint density at radius 1 is 0.938 bits per heavy atom. The molecule has 0 spiro atoms. The van der Waals surface area contributed by atoms with Gasteiger partial charge in [0.1, 0.15) is 0 Å². The van der Waals surface area contributed by atoms with E-state index in [9.17, 15) is 30.7 Å². The molecular weight excluding hydrogens is 265 g/mol. The van der Waals surface area contributed by atoms with E-state index in [-0.39, 0.29) is 0 Å². The van der Waals surface area contributed by atoms with Gasteiger partial charge < -0.3 is 0 Å². The van der Waals surface area contributed by atoms with E-state index in [1.807, 2.05) is 0 Å². The summed E-state index contributed by atoms with van der Waals surface area (Å²) in [6.07, 6.45) is -7.78. The molecule has 0 aliphatic carbocycles. The van der Waals surface area contributed by atoms with Crippen LogP contribution in [0.15, 0.2) is 0 Å². The average Bonchev–Trinajstić information content (AvgIpc) is 2.14. The van der Waals surface area contributed by atoms with Gasteiger partial charge in [-0.3, -0.25) is 0 Å². The Kier molecular flexibility index (Phi) is 4.91. The fourth-order valence-electron chi connectivity index (χ4n) is 0.774. The van der Waals surface area contributed by atoms with Crippen molar-refractivity contribution in [3.63, 3.8) is 0 Å². The smallest absolute Gasteiger partial charge is 0.219 e. The Balaban J connectivity index is 4.52. The first-order valence-corrected chi connectivity index (χ1v) is 4.45. The van der Waals surface area contributed by atoms with E-state index in [2.05, 4.69) is 18.5 Å². The highest BCUT2D eigenvalue weighted by Gasteiger charge is 2.56. The van der Waals surface area contributed by atoms with Crippen molar-refractivity contribution >= 4 is 11.6 Å². The summed E-state index contributed by atoms with van der Waals surface area (Å²) in [5.74, 6) is -9.11. The minimum Gasteiger partial charge on any atom is -0.219 e. The molecule has 0 aliphatic heterocycles. The highest BCUT2D eigenvalue weighted by Crippen LogP contribution is 2.44. The first kappa shape index (κ1) is 15.8. The largest absolute Gasteiger partial charge is 0.361 e. The normalized spacial score (nSPS) is 17.6. The van der Waals surface area contributed by atoms with Crippen molar-refractivity contribution in [3.05, 3.63) is 13.3 Å². The Bertz CT molecular complexity index is 226. The first-order chi connectivity index (χ1) is 6.96. The van der Waals surface area contributed by atoms with Crippen molar-refractivity contribution in [1.82, 2.24) is 0 Å². The summed E-state index contributed by atoms with van der Waals surface area (Å²) in [5, 5.41) is -3.80. The van der Waals surface area contributed by atoms with Gasteiger partial charge in [0.05, 0.1) is 0 Å². The molecule has 0 saturated carbocycles. The lowest BCUT2D eigenvalue weighted by atomic mass is 10.0. The molecule has 0 aromatic carbocycles. The second-order valence-corrected chi connectivity index (χ2v) is 3.72. The summed E-state index contributed by atoms with van der Waals surface area (Å²) in [6, 6.07) is 0. The third kappa shape index (κ3) is 3.68. The summed E-state index contributed by atoms with van der Waals surface area (Å²) in [7, 11) is 0. The van der Waals surface area contributed by atoms with Crippen LogP contribution in [0.2, 0.25) is 0 Å². The minimum absolute atomic E-state index is 1.43. The van der Waals surface area contributed by atoms with Gasteiger partial charge in [-0.05, 0) is 6.92 Å². The second-order valence-electron chi connectivity index (χ2n) is 3.12. The molecule has 0 heterocycles. The molecule has 0 rings (SSSR count). The molecule has 1 atom stereocenters. The van der Waals surface area contributed by atoms with Gasteiger partial charge in [0, 0.05) is 19.3 Å². The van der Waals surface area contributed by atoms with Crippen molar-refractivity contribution in [2.75, 3.05) is 0 Å². The van der Waals surface area contributed by atoms with Crippen LogP contribution in [0.4, 0.5) is 30.7 Å². The third-order valence-corrected chi connectivity index (χ3v) is 2.21. The van der Waals surface area contributed by atoms with Crippen molar-refractivity contribution in [3.8, 4) is 0 Å². The molecule has 96 valence electrons. The number of rotatable bonds is 6. The fraction of sp³-hybridized carbons (Fsp3) is 0.750. The molecule has 0 aromatic heterocycles. The first-order valence-electron chi connectivity index (χ1n) is 4.07. The number of alkyl halides is 6. The van der Waals surface area contributed by atoms with Crippen LogP contribution in [0.5, 0.6) is 0 Å². The zero-order valence-corrected chi connectivity index (χ0v) is 8.61. The third-order valence-electron chi connectivity index (χ3n) is 1.88.